The highest BCUT2D eigenvalue weighted by atomic mass is 32.2. The molecule has 0 unspecified atom stereocenters. The second-order valence-corrected chi connectivity index (χ2v) is 10.1. The first-order chi connectivity index (χ1) is 16.6. The summed E-state index contributed by atoms with van der Waals surface area (Å²) in [6.07, 6.45) is 4.27. The minimum absolute atomic E-state index is 0.355. The lowest BCUT2D eigenvalue weighted by Crippen LogP contribution is -2.11. The van der Waals surface area contributed by atoms with Crippen molar-refractivity contribution in [3.05, 3.63) is 84.1 Å². The minimum atomic E-state index is -3.42. The highest BCUT2D eigenvalue weighted by Crippen LogP contribution is 2.37. The molecule has 1 amide bonds. The number of amides is 1. The number of ether oxygens (including phenoxy) is 1. The molecule has 0 aliphatic carbocycles. The summed E-state index contributed by atoms with van der Waals surface area (Å²) >= 11 is 0. The molecule has 3 aromatic carbocycles. The van der Waals surface area contributed by atoms with E-state index >= 15 is 0 Å². The van der Waals surface area contributed by atoms with Crippen molar-refractivity contribution in [2.45, 2.75) is 13.8 Å². The summed E-state index contributed by atoms with van der Waals surface area (Å²) in [6, 6.07) is 18.5. The fourth-order valence-corrected chi connectivity index (χ4v) is 4.37. The number of rotatable bonds is 7. The number of nitrogens with one attached hydrogen (secondary N) is 2. The van der Waals surface area contributed by atoms with Gasteiger partial charge in [-0.2, -0.15) is 0 Å². The quantitative estimate of drug-likeness (QED) is 0.318. The van der Waals surface area contributed by atoms with E-state index in [1.165, 1.54) is 11.6 Å². The standard InChI is InChI=1S/C27H26N2O5S/c1-17-8-10-19(11-9-17)24-16-34-26-15-25(33-3)22(14-23(24)26)18(2)12-27(30)28-20-6-5-7-21(13-20)29-35(4,31)32/h5-16,29H,1-4H3,(H,28,30)/b18-12+. The van der Waals surface area contributed by atoms with Crippen molar-refractivity contribution in [3.8, 4) is 16.9 Å². The number of sulfonamides is 1. The Morgan fingerprint density at radius 2 is 1.74 bits per heavy atom. The van der Waals surface area contributed by atoms with Crippen LogP contribution in [0.4, 0.5) is 11.4 Å². The van der Waals surface area contributed by atoms with E-state index in [1.54, 1.807) is 37.6 Å². The lowest BCUT2D eigenvalue weighted by atomic mass is 9.99. The zero-order valence-electron chi connectivity index (χ0n) is 19.9. The van der Waals surface area contributed by atoms with Crippen LogP contribution in [0.5, 0.6) is 5.75 Å². The van der Waals surface area contributed by atoms with Crippen LogP contribution in [0.1, 0.15) is 18.1 Å². The van der Waals surface area contributed by atoms with Crippen molar-refractivity contribution in [1.29, 1.82) is 0 Å². The summed E-state index contributed by atoms with van der Waals surface area (Å²) < 4.78 is 36.7. The fourth-order valence-electron chi connectivity index (χ4n) is 3.82. The van der Waals surface area contributed by atoms with E-state index in [4.69, 9.17) is 9.15 Å². The van der Waals surface area contributed by atoms with E-state index in [1.807, 2.05) is 38.1 Å². The van der Waals surface area contributed by atoms with Gasteiger partial charge >= 0.3 is 0 Å². The molecular weight excluding hydrogens is 464 g/mol. The van der Waals surface area contributed by atoms with Crippen molar-refractivity contribution in [1.82, 2.24) is 0 Å². The number of hydrogen-bond donors (Lipinski definition) is 2. The van der Waals surface area contributed by atoms with E-state index in [2.05, 4.69) is 22.2 Å². The maximum atomic E-state index is 12.7. The number of anilines is 2. The number of aryl methyl sites for hydroxylation is 1. The molecule has 1 aromatic heterocycles. The maximum Gasteiger partial charge on any atom is 0.248 e. The van der Waals surface area contributed by atoms with E-state index < -0.39 is 10.0 Å². The van der Waals surface area contributed by atoms with E-state index in [9.17, 15) is 13.2 Å². The van der Waals surface area contributed by atoms with Crippen LogP contribution in [0.15, 0.2) is 77.4 Å². The number of carbonyl (C=O) groups excluding carboxylic acids is 1. The van der Waals surface area contributed by atoms with E-state index in [-0.39, 0.29) is 5.91 Å². The van der Waals surface area contributed by atoms with Gasteiger partial charge in [0.2, 0.25) is 15.9 Å². The van der Waals surface area contributed by atoms with Crippen LogP contribution >= 0.6 is 0 Å². The first-order valence-electron chi connectivity index (χ1n) is 10.9. The second kappa shape index (κ2) is 9.68. The van der Waals surface area contributed by atoms with Gasteiger partial charge in [-0.25, -0.2) is 8.42 Å². The van der Waals surface area contributed by atoms with E-state index in [0.717, 1.165) is 28.3 Å². The van der Waals surface area contributed by atoms with Crippen LogP contribution < -0.4 is 14.8 Å². The zero-order chi connectivity index (χ0) is 25.2. The number of fused-ring (bicyclic) bond motifs is 1. The Bertz CT molecular complexity index is 1530. The second-order valence-electron chi connectivity index (χ2n) is 8.34. The third kappa shape index (κ3) is 5.73. The number of allylic oxidation sites excluding steroid dienone is 1. The molecule has 1 heterocycles. The van der Waals surface area contributed by atoms with Crippen molar-refractivity contribution in [2.75, 3.05) is 23.4 Å². The van der Waals surface area contributed by atoms with Crippen LogP contribution in [-0.4, -0.2) is 27.7 Å². The highest BCUT2D eigenvalue weighted by Gasteiger charge is 2.15. The van der Waals surface area contributed by atoms with Crippen molar-refractivity contribution in [2.24, 2.45) is 0 Å². The molecule has 0 aliphatic rings. The monoisotopic (exact) mass is 490 g/mol. The Kier molecular flexibility index (Phi) is 6.66. The van der Waals surface area contributed by atoms with Gasteiger partial charge in [-0.3, -0.25) is 9.52 Å². The van der Waals surface area contributed by atoms with E-state index in [0.29, 0.717) is 28.3 Å². The molecule has 0 saturated carbocycles. The zero-order valence-corrected chi connectivity index (χ0v) is 20.7. The molecule has 0 saturated heterocycles. The van der Waals surface area contributed by atoms with Gasteiger partial charge in [0.15, 0.2) is 0 Å². The fraction of sp³-hybridized carbons (Fsp3) is 0.148. The van der Waals surface area contributed by atoms with Gasteiger partial charge in [0.05, 0.1) is 25.3 Å². The molecule has 0 fully saturated rings. The Morgan fingerprint density at radius 1 is 1.03 bits per heavy atom. The maximum absolute atomic E-state index is 12.7. The molecule has 0 radical (unpaired) electrons. The first-order valence-corrected chi connectivity index (χ1v) is 12.8. The average molecular weight is 491 g/mol. The van der Waals surface area contributed by atoms with Crippen LogP contribution in [0.25, 0.3) is 27.7 Å². The number of carbonyl (C=O) groups is 1. The molecule has 4 rings (SSSR count). The van der Waals surface area contributed by atoms with Gasteiger partial charge in [0, 0.05) is 34.3 Å². The Hall–Kier alpha value is -4.04. The highest BCUT2D eigenvalue weighted by molar-refractivity contribution is 7.92. The summed E-state index contributed by atoms with van der Waals surface area (Å²) in [5.74, 6) is 0.232. The Balaban J connectivity index is 1.64. The van der Waals surface area contributed by atoms with Crippen LogP contribution in [-0.2, 0) is 14.8 Å². The normalized spacial score (nSPS) is 11.9. The molecule has 8 heteroatoms. The Morgan fingerprint density at radius 3 is 2.43 bits per heavy atom. The van der Waals surface area contributed by atoms with Crippen molar-refractivity contribution < 1.29 is 22.4 Å². The largest absolute Gasteiger partial charge is 0.496 e. The number of hydrogen-bond acceptors (Lipinski definition) is 5. The van der Waals surface area contributed by atoms with Gasteiger partial charge in [-0.15, -0.1) is 0 Å². The average Bonchev–Trinajstić information content (AvgIpc) is 3.20. The molecule has 0 spiro atoms. The van der Waals surface area contributed by atoms with Crippen molar-refractivity contribution >= 4 is 43.8 Å². The molecule has 0 aliphatic heterocycles. The molecular formula is C27H26N2O5S. The van der Waals surface area contributed by atoms with Gasteiger partial charge in [-0.05, 0) is 49.2 Å². The van der Waals surface area contributed by atoms with Gasteiger partial charge < -0.3 is 14.5 Å². The number of methoxy groups -OCH3 is 1. The number of benzene rings is 3. The summed E-state index contributed by atoms with van der Waals surface area (Å²) in [6.45, 7) is 3.87. The molecule has 180 valence electrons. The molecule has 2 N–H and O–H groups in total. The molecule has 0 bridgehead atoms. The Labute approximate surface area is 204 Å². The molecule has 7 nitrogen and oxygen atoms in total. The first kappa shape index (κ1) is 24.1. The smallest absolute Gasteiger partial charge is 0.248 e. The summed E-state index contributed by atoms with van der Waals surface area (Å²) in [5.41, 5.74) is 6.14. The topological polar surface area (TPSA) is 97.6 Å². The van der Waals surface area contributed by atoms with Crippen LogP contribution in [0.3, 0.4) is 0 Å². The van der Waals surface area contributed by atoms with Gasteiger partial charge in [0.1, 0.15) is 11.3 Å². The molecule has 4 aromatic rings. The lowest BCUT2D eigenvalue weighted by Gasteiger charge is -2.11. The van der Waals surface area contributed by atoms with Crippen LogP contribution in [0, 0.1) is 6.92 Å². The predicted octanol–water partition coefficient (Wildman–Crippen LogP) is 5.83. The lowest BCUT2D eigenvalue weighted by molar-refractivity contribution is -0.111. The third-order valence-electron chi connectivity index (χ3n) is 5.46. The number of furan rings is 1. The van der Waals surface area contributed by atoms with Crippen LogP contribution in [0.2, 0.25) is 0 Å². The van der Waals surface area contributed by atoms with Gasteiger partial charge in [0.25, 0.3) is 0 Å². The molecule has 0 atom stereocenters. The third-order valence-corrected chi connectivity index (χ3v) is 6.07. The van der Waals surface area contributed by atoms with Gasteiger partial charge in [-0.1, -0.05) is 35.9 Å². The summed E-state index contributed by atoms with van der Waals surface area (Å²) in [4.78, 5) is 12.7. The van der Waals surface area contributed by atoms with Crippen molar-refractivity contribution in [3.63, 3.8) is 0 Å². The SMILES string of the molecule is COc1cc2occ(-c3ccc(C)cc3)c2cc1/C(C)=C/C(=O)Nc1cccc(NS(C)(=O)=O)c1. The minimum Gasteiger partial charge on any atom is -0.496 e. The summed E-state index contributed by atoms with van der Waals surface area (Å²) in [7, 11) is -1.85. The molecule has 35 heavy (non-hydrogen) atoms. The summed E-state index contributed by atoms with van der Waals surface area (Å²) in [5, 5.41) is 3.69. The predicted molar refractivity (Wildman–Crippen MR) is 140 cm³/mol.